The van der Waals surface area contributed by atoms with E-state index in [4.69, 9.17) is 49.0 Å². The number of rotatable bonds is 1. The van der Waals surface area contributed by atoms with Gasteiger partial charge in [-0.05, 0) is 80.0 Å². The number of ether oxygens (including phenoxy) is 3. The summed E-state index contributed by atoms with van der Waals surface area (Å²) in [7, 11) is 0. The van der Waals surface area contributed by atoms with Gasteiger partial charge < -0.3 is 24.4 Å². The van der Waals surface area contributed by atoms with E-state index in [-0.39, 0.29) is 52.0 Å². The lowest BCUT2D eigenvalue weighted by Crippen LogP contribution is -2.67. The Hall–Kier alpha value is 0.660. The molecule has 2 saturated heterocycles. The van der Waals surface area contributed by atoms with Crippen molar-refractivity contribution in [2.24, 2.45) is 52.3 Å². The van der Waals surface area contributed by atoms with Crippen molar-refractivity contribution in [3.8, 4) is 0 Å². The van der Waals surface area contributed by atoms with E-state index in [0.717, 1.165) is 44.9 Å². The fourth-order valence-corrected chi connectivity index (χ4v) is 12.2. The molecule has 15 atom stereocenters. The molecular weight excluding hydrogens is 631 g/mol. The lowest BCUT2D eigenvalue weighted by atomic mass is 9.42. The molecule has 2 aliphatic heterocycles. The van der Waals surface area contributed by atoms with Gasteiger partial charge in [0.15, 0.2) is 5.79 Å². The Balaban J connectivity index is 1.41. The first-order valence-electron chi connectivity index (χ1n) is 14.7. The number of esters is 1. The summed E-state index contributed by atoms with van der Waals surface area (Å²) < 4.78 is 17.3. The van der Waals surface area contributed by atoms with Crippen LogP contribution in [0.3, 0.4) is 0 Å². The summed E-state index contributed by atoms with van der Waals surface area (Å²) >= 11 is 22.0. The highest BCUT2D eigenvalue weighted by molar-refractivity contribution is 9.09. The van der Waals surface area contributed by atoms with E-state index in [2.05, 4.69) is 43.6 Å². The van der Waals surface area contributed by atoms with Gasteiger partial charge in [0.2, 0.25) is 0 Å². The summed E-state index contributed by atoms with van der Waals surface area (Å²) in [5, 5.41) is 22.8. The fraction of sp³-hybridized carbons (Fsp3) is 0.966. The van der Waals surface area contributed by atoms with Crippen LogP contribution >= 0.6 is 50.7 Å². The van der Waals surface area contributed by atoms with Crippen molar-refractivity contribution in [3.05, 3.63) is 0 Å². The summed E-state index contributed by atoms with van der Waals surface area (Å²) in [6, 6.07) is 0. The summed E-state index contributed by atoms with van der Waals surface area (Å²) in [5.41, 5.74) is -0.751. The monoisotopic (exact) mass is 670 g/mol. The van der Waals surface area contributed by atoms with Crippen molar-refractivity contribution >= 4 is 56.7 Å². The second-order valence-electron chi connectivity index (χ2n) is 14.2. The van der Waals surface area contributed by atoms with Crippen LogP contribution in [0.1, 0.15) is 72.6 Å². The molecular formula is C29H42BrCl3O6. The molecule has 6 unspecified atom stereocenters. The highest BCUT2D eigenvalue weighted by Crippen LogP contribution is 2.72. The van der Waals surface area contributed by atoms with Gasteiger partial charge in [-0.2, -0.15) is 0 Å². The van der Waals surface area contributed by atoms with Gasteiger partial charge in [0.25, 0.3) is 3.79 Å². The van der Waals surface area contributed by atoms with Crippen LogP contribution in [-0.2, 0) is 19.0 Å². The van der Waals surface area contributed by atoms with Gasteiger partial charge in [-0.3, -0.25) is 0 Å². The third-order valence-electron chi connectivity index (χ3n) is 12.4. The predicted molar refractivity (Wildman–Crippen MR) is 153 cm³/mol. The van der Waals surface area contributed by atoms with Crippen molar-refractivity contribution in [1.82, 2.24) is 0 Å². The molecule has 0 aromatic rings. The van der Waals surface area contributed by atoms with Crippen LogP contribution in [0.25, 0.3) is 0 Å². The minimum atomic E-state index is -2.24. The third-order valence-corrected chi connectivity index (χ3v) is 13.9. The molecule has 10 heteroatoms. The fourth-order valence-electron chi connectivity index (χ4n) is 10.8. The van der Waals surface area contributed by atoms with Gasteiger partial charge in [0, 0.05) is 17.3 Å². The molecule has 1 spiro atoms. The Kier molecular flexibility index (Phi) is 7.50. The highest BCUT2D eigenvalue weighted by Gasteiger charge is 2.75. The maximum Gasteiger partial charge on any atom is 0.358 e. The van der Waals surface area contributed by atoms with E-state index in [1.165, 1.54) is 0 Å². The zero-order valence-corrected chi connectivity index (χ0v) is 27.0. The minimum Gasteiger partial charge on any atom is -0.456 e. The maximum absolute atomic E-state index is 13.1. The molecule has 222 valence electrons. The Morgan fingerprint density at radius 3 is 2.44 bits per heavy atom. The first kappa shape index (κ1) is 29.7. The average molecular weight is 673 g/mol. The van der Waals surface area contributed by atoms with Crippen LogP contribution in [0.5, 0.6) is 0 Å². The van der Waals surface area contributed by atoms with Crippen LogP contribution in [0, 0.1) is 52.3 Å². The van der Waals surface area contributed by atoms with Gasteiger partial charge in [-0.1, -0.05) is 78.4 Å². The van der Waals surface area contributed by atoms with Gasteiger partial charge >= 0.3 is 5.97 Å². The Labute approximate surface area is 255 Å². The Bertz CT molecular complexity index is 997. The van der Waals surface area contributed by atoms with Gasteiger partial charge in [-0.15, -0.1) is 0 Å². The van der Waals surface area contributed by atoms with Crippen molar-refractivity contribution < 1.29 is 29.2 Å². The summed E-state index contributed by atoms with van der Waals surface area (Å²) in [6.45, 7) is 9.46. The van der Waals surface area contributed by atoms with Crippen LogP contribution in [-0.4, -0.2) is 61.6 Å². The molecule has 6 fully saturated rings. The lowest BCUT2D eigenvalue weighted by Gasteiger charge is -2.64. The standard InChI is InChI=1S/C29H42BrCl3O6/c1-13-9-20(30)28(37-12-13)14(2)21-19(39-28)11-18-17-6-5-15-10-16(34)7-8-26(15,3)22(17)23(35)24(27(18,21)4)38-25(36)29(31,32)33/h13-24,34-35H,5-12H2,1-4H3/t13?,14-,15?,16?,17-,18-,19-,20?,21-,22+,23?,24?,26-,27-,28-/m0/s1. The van der Waals surface area contributed by atoms with E-state index in [1.807, 2.05) is 0 Å². The Morgan fingerprint density at radius 2 is 1.77 bits per heavy atom. The topological polar surface area (TPSA) is 85.2 Å². The van der Waals surface area contributed by atoms with Crippen molar-refractivity contribution in [2.45, 2.75) is 111 Å². The van der Waals surface area contributed by atoms with Gasteiger partial charge in [0.1, 0.15) is 6.10 Å². The SMILES string of the molecule is CC1CO[C@@]2(O[C@H]3C[C@H]4[C@@H]5CCC6CC(O)CC[C@]6(C)[C@H]5C(O)C(OC(=O)C(Cl)(Cl)Cl)[C@]4(C)[C@H]3[C@@H]2C)C(Br)C1. The van der Waals surface area contributed by atoms with Crippen molar-refractivity contribution in [3.63, 3.8) is 0 Å². The average Bonchev–Trinajstić information content (AvgIpc) is 3.30. The second-order valence-corrected chi connectivity index (χ2v) is 17.6. The molecule has 6 rings (SSSR count). The first-order chi connectivity index (χ1) is 18.1. The first-order valence-corrected chi connectivity index (χ1v) is 16.8. The summed E-state index contributed by atoms with van der Waals surface area (Å²) in [4.78, 5) is 13.2. The molecule has 4 aliphatic carbocycles. The van der Waals surface area contributed by atoms with Crippen LogP contribution in [0.15, 0.2) is 0 Å². The van der Waals surface area contributed by atoms with Crippen LogP contribution < -0.4 is 0 Å². The zero-order valence-electron chi connectivity index (χ0n) is 23.1. The quantitative estimate of drug-likeness (QED) is 0.262. The van der Waals surface area contributed by atoms with Gasteiger partial charge in [-0.25, -0.2) is 4.79 Å². The molecule has 0 aromatic heterocycles. The largest absolute Gasteiger partial charge is 0.456 e. The van der Waals surface area contributed by atoms with Crippen LogP contribution in [0.4, 0.5) is 0 Å². The smallest absolute Gasteiger partial charge is 0.358 e. The molecule has 2 N–H and O–H groups in total. The number of halogens is 4. The van der Waals surface area contributed by atoms with E-state index >= 15 is 0 Å². The molecule has 0 aromatic carbocycles. The number of carbonyl (C=O) groups is 1. The second kappa shape index (κ2) is 9.84. The highest BCUT2D eigenvalue weighted by atomic mass is 79.9. The van der Waals surface area contributed by atoms with E-state index in [9.17, 15) is 15.0 Å². The molecule has 4 saturated carbocycles. The number of alkyl halides is 4. The predicted octanol–water partition coefficient (Wildman–Crippen LogP) is 6.03. The van der Waals surface area contributed by atoms with E-state index in [0.29, 0.717) is 18.4 Å². The molecule has 0 bridgehead atoms. The van der Waals surface area contributed by atoms with Crippen molar-refractivity contribution in [2.75, 3.05) is 6.61 Å². The van der Waals surface area contributed by atoms with Crippen LogP contribution in [0.2, 0.25) is 0 Å². The number of aliphatic hydroxyl groups excluding tert-OH is 2. The zero-order chi connectivity index (χ0) is 28.3. The normalized spacial score (nSPS) is 56.9. The molecule has 6 aliphatic rings. The van der Waals surface area contributed by atoms with E-state index in [1.54, 1.807) is 0 Å². The third kappa shape index (κ3) is 4.24. The Morgan fingerprint density at radius 1 is 1.05 bits per heavy atom. The molecule has 0 amide bonds. The van der Waals surface area contributed by atoms with E-state index < -0.39 is 33.2 Å². The number of hydrogen-bond acceptors (Lipinski definition) is 6. The maximum atomic E-state index is 13.1. The summed E-state index contributed by atoms with van der Waals surface area (Å²) in [6.07, 6.45) is 3.97. The number of aliphatic hydroxyl groups is 2. The summed E-state index contributed by atoms with van der Waals surface area (Å²) in [5.74, 6) is -0.598. The lowest BCUT2D eigenvalue weighted by molar-refractivity contribution is -0.274. The minimum absolute atomic E-state index is 0.00144. The van der Waals surface area contributed by atoms with Gasteiger partial charge in [0.05, 0.1) is 29.7 Å². The number of carbonyl (C=O) groups excluding carboxylic acids is 1. The molecule has 6 nitrogen and oxygen atoms in total. The number of hydrogen-bond donors (Lipinski definition) is 2. The van der Waals surface area contributed by atoms with Crippen molar-refractivity contribution in [1.29, 1.82) is 0 Å². The molecule has 0 radical (unpaired) electrons. The molecule has 2 heterocycles. The number of fused-ring (bicyclic) bond motifs is 7. The molecule has 39 heavy (non-hydrogen) atoms.